The molecule has 0 atom stereocenters. The number of hydrogen-bond donors (Lipinski definition) is 2. The molecule has 1 heterocycles. The van der Waals surface area contributed by atoms with Gasteiger partial charge < -0.3 is 15.4 Å². The number of nitrogens with zero attached hydrogens (tertiary/aromatic N) is 2. The number of guanidine groups is 1. The Morgan fingerprint density at radius 2 is 1.92 bits per heavy atom. The minimum Gasteiger partial charge on any atom is -0.374 e. The molecule has 0 radical (unpaired) electrons. The van der Waals surface area contributed by atoms with Gasteiger partial charge in [0.15, 0.2) is 5.96 Å². The van der Waals surface area contributed by atoms with Crippen molar-refractivity contribution in [3.63, 3.8) is 0 Å². The van der Waals surface area contributed by atoms with Gasteiger partial charge in [0.2, 0.25) is 0 Å². The van der Waals surface area contributed by atoms with Gasteiger partial charge in [-0.3, -0.25) is 0 Å². The van der Waals surface area contributed by atoms with Crippen LogP contribution in [0.2, 0.25) is 0 Å². The van der Waals surface area contributed by atoms with Crippen LogP contribution in [0.1, 0.15) is 42.6 Å². The van der Waals surface area contributed by atoms with E-state index in [2.05, 4.69) is 57.2 Å². The molecule has 1 aromatic heterocycles. The summed E-state index contributed by atoms with van der Waals surface area (Å²) in [6.45, 7) is 11.2. The predicted molar refractivity (Wildman–Crippen MR) is 110 cm³/mol. The number of nitrogens with one attached hydrogen (secondary N) is 2. The van der Waals surface area contributed by atoms with Gasteiger partial charge in [0, 0.05) is 24.9 Å². The first-order valence-electron chi connectivity index (χ1n) is 9.19. The smallest absolute Gasteiger partial charge is 0.191 e. The third-order valence-electron chi connectivity index (χ3n) is 3.71. The molecule has 0 aliphatic heterocycles. The summed E-state index contributed by atoms with van der Waals surface area (Å²) < 4.78 is 5.63. The number of aryl methyl sites for hydroxylation is 1. The van der Waals surface area contributed by atoms with Crippen molar-refractivity contribution in [3.05, 3.63) is 51.5 Å². The summed E-state index contributed by atoms with van der Waals surface area (Å²) in [4.78, 5) is 9.16. The highest BCUT2D eigenvalue weighted by Crippen LogP contribution is 2.09. The molecular formula is C20H30N4OS. The Labute approximate surface area is 160 Å². The highest BCUT2D eigenvalue weighted by molar-refractivity contribution is 7.09. The van der Waals surface area contributed by atoms with Gasteiger partial charge in [-0.25, -0.2) is 9.98 Å². The van der Waals surface area contributed by atoms with E-state index in [0.717, 1.165) is 36.2 Å². The van der Waals surface area contributed by atoms with Crippen LogP contribution in [0.5, 0.6) is 0 Å². The summed E-state index contributed by atoms with van der Waals surface area (Å²) in [7, 11) is 0. The van der Waals surface area contributed by atoms with E-state index >= 15 is 0 Å². The maximum absolute atomic E-state index is 5.63. The van der Waals surface area contributed by atoms with Crippen molar-refractivity contribution in [1.82, 2.24) is 15.6 Å². The third-order valence-corrected chi connectivity index (χ3v) is 4.53. The minimum atomic E-state index is 0.251. The van der Waals surface area contributed by atoms with Gasteiger partial charge in [0.05, 0.1) is 30.0 Å². The Morgan fingerprint density at radius 3 is 2.54 bits per heavy atom. The maximum Gasteiger partial charge on any atom is 0.191 e. The zero-order valence-electron chi connectivity index (χ0n) is 16.2. The molecule has 6 heteroatoms. The predicted octanol–water partition coefficient (Wildman–Crippen LogP) is 3.67. The van der Waals surface area contributed by atoms with Crippen molar-refractivity contribution < 1.29 is 4.74 Å². The van der Waals surface area contributed by atoms with Gasteiger partial charge in [-0.05, 0) is 38.8 Å². The lowest BCUT2D eigenvalue weighted by atomic mass is 10.1. The number of ether oxygens (including phenoxy) is 1. The fraction of sp³-hybridized carbons (Fsp3) is 0.500. The first kappa shape index (κ1) is 20.4. The summed E-state index contributed by atoms with van der Waals surface area (Å²) in [6.07, 6.45) is 1.15. The van der Waals surface area contributed by atoms with Gasteiger partial charge >= 0.3 is 0 Å². The molecule has 1 aromatic carbocycles. The molecule has 0 bridgehead atoms. The van der Waals surface area contributed by atoms with Crippen molar-refractivity contribution in [1.29, 1.82) is 0 Å². The molecule has 2 N–H and O–H groups in total. The fourth-order valence-corrected chi connectivity index (χ4v) is 3.00. The van der Waals surface area contributed by atoms with E-state index < -0.39 is 0 Å². The molecule has 142 valence electrons. The quantitative estimate of drug-likeness (QED) is 0.519. The van der Waals surface area contributed by atoms with Crippen LogP contribution in [-0.2, 0) is 24.3 Å². The molecule has 0 fully saturated rings. The Kier molecular flexibility index (Phi) is 8.58. The number of thiazole rings is 1. The number of rotatable bonds is 9. The van der Waals surface area contributed by atoms with Crippen molar-refractivity contribution in [2.24, 2.45) is 4.99 Å². The number of aromatic nitrogens is 1. The molecule has 0 aliphatic carbocycles. The monoisotopic (exact) mass is 374 g/mol. The van der Waals surface area contributed by atoms with Crippen LogP contribution in [0.15, 0.2) is 34.6 Å². The summed E-state index contributed by atoms with van der Waals surface area (Å²) in [6, 6.07) is 8.45. The molecule has 0 spiro atoms. The Bertz CT molecular complexity index is 679. The highest BCUT2D eigenvalue weighted by atomic mass is 32.1. The number of benzene rings is 1. The standard InChI is InChI=1S/C20H30N4OS/c1-5-21-20(22-11-10-19-14-26-16(4)24-19)23-12-17-6-8-18(9-7-17)13-25-15(2)3/h6-9,14-15H,5,10-13H2,1-4H3,(H2,21,22,23). The summed E-state index contributed by atoms with van der Waals surface area (Å²) >= 11 is 1.69. The summed E-state index contributed by atoms with van der Waals surface area (Å²) in [5.41, 5.74) is 3.51. The maximum atomic E-state index is 5.63. The van der Waals surface area contributed by atoms with E-state index in [-0.39, 0.29) is 6.10 Å². The average molecular weight is 375 g/mol. The SMILES string of the molecule is CCNC(=NCc1ccc(COC(C)C)cc1)NCCc1csc(C)n1. The first-order chi connectivity index (χ1) is 12.6. The molecule has 0 saturated carbocycles. The second-order valence-electron chi connectivity index (χ2n) is 6.41. The van der Waals surface area contributed by atoms with E-state index in [0.29, 0.717) is 13.2 Å². The van der Waals surface area contributed by atoms with Crippen LogP contribution >= 0.6 is 11.3 Å². The second-order valence-corrected chi connectivity index (χ2v) is 7.47. The van der Waals surface area contributed by atoms with E-state index in [1.165, 1.54) is 11.1 Å². The highest BCUT2D eigenvalue weighted by Gasteiger charge is 2.01. The zero-order chi connectivity index (χ0) is 18.8. The van der Waals surface area contributed by atoms with E-state index in [4.69, 9.17) is 4.74 Å². The fourth-order valence-electron chi connectivity index (χ4n) is 2.35. The summed E-state index contributed by atoms with van der Waals surface area (Å²) in [5.74, 6) is 0.840. The van der Waals surface area contributed by atoms with Crippen molar-refractivity contribution in [3.8, 4) is 0 Å². The molecule has 0 amide bonds. The minimum absolute atomic E-state index is 0.251. The van der Waals surface area contributed by atoms with Crippen molar-refractivity contribution in [2.75, 3.05) is 13.1 Å². The van der Waals surface area contributed by atoms with E-state index in [1.54, 1.807) is 11.3 Å². The molecule has 0 unspecified atom stereocenters. The lowest BCUT2D eigenvalue weighted by Crippen LogP contribution is -2.38. The molecule has 5 nitrogen and oxygen atoms in total. The zero-order valence-corrected chi connectivity index (χ0v) is 17.0. The lowest BCUT2D eigenvalue weighted by Gasteiger charge is -2.11. The topological polar surface area (TPSA) is 58.5 Å². The van der Waals surface area contributed by atoms with Gasteiger partial charge in [-0.15, -0.1) is 11.3 Å². The normalized spacial score (nSPS) is 11.8. The van der Waals surface area contributed by atoms with Crippen LogP contribution in [0.3, 0.4) is 0 Å². The van der Waals surface area contributed by atoms with E-state index in [1.807, 2.05) is 20.8 Å². The van der Waals surface area contributed by atoms with Crippen LogP contribution < -0.4 is 10.6 Å². The number of hydrogen-bond acceptors (Lipinski definition) is 4. The molecule has 2 aromatic rings. The molecule has 0 saturated heterocycles. The molecule has 26 heavy (non-hydrogen) atoms. The average Bonchev–Trinajstić information content (AvgIpc) is 3.04. The Balaban J connectivity index is 1.83. The Hall–Kier alpha value is -1.92. The third kappa shape index (κ3) is 7.54. The van der Waals surface area contributed by atoms with Crippen LogP contribution in [0.4, 0.5) is 0 Å². The molecular weight excluding hydrogens is 344 g/mol. The first-order valence-corrected chi connectivity index (χ1v) is 10.1. The Morgan fingerprint density at radius 1 is 1.19 bits per heavy atom. The summed E-state index contributed by atoms with van der Waals surface area (Å²) in [5, 5.41) is 9.90. The van der Waals surface area contributed by atoms with Gasteiger partial charge in [0.1, 0.15) is 0 Å². The second kappa shape index (κ2) is 10.9. The molecule has 2 rings (SSSR count). The van der Waals surface area contributed by atoms with Crippen molar-refractivity contribution >= 4 is 17.3 Å². The van der Waals surface area contributed by atoms with Crippen LogP contribution in [0.25, 0.3) is 0 Å². The lowest BCUT2D eigenvalue weighted by molar-refractivity contribution is 0.0657. The number of aliphatic imine (C=N–C) groups is 1. The van der Waals surface area contributed by atoms with Gasteiger partial charge in [-0.2, -0.15) is 0 Å². The van der Waals surface area contributed by atoms with Crippen LogP contribution in [-0.4, -0.2) is 30.1 Å². The van der Waals surface area contributed by atoms with Crippen LogP contribution in [0, 0.1) is 6.92 Å². The van der Waals surface area contributed by atoms with Gasteiger partial charge in [0.25, 0.3) is 0 Å². The van der Waals surface area contributed by atoms with Crippen molar-refractivity contribution in [2.45, 2.75) is 53.4 Å². The van der Waals surface area contributed by atoms with Gasteiger partial charge in [-0.1, -0.05) is 24.3 Å². The largest absolute Gasteiger partial charge is 0.374 e. The molecule has 0 aliphatic rings. The van der Waals surface area contributed by atoms with E-state index in [9.17, 15) is 0 Å².